The molecule has 1 saturated heterocycles. The summed E-state index contributed by atoms with van der Waals surface area (Å²) in [6, 6.07) is 1.57. The summed E-state index contributed by atoms with van der Waals surface area (Å²) < 4.78 is 0. The SMILES string of the molecule is CCC1CCC(NC)C(CN2CC(C)CC2C)C1. The summed E-state index contributed by atoms with van der Waals surface area (Å²) in [5.74, 6) is 2.76. The van der Waals surface area contributed by atoms with Gasteiger partial charge in [0.2, 0.25) is 0 Å². The summed E-state index contributed by atoms with van der Waals surface area (Å²) in [5, 5.41) is 3.57. The smallest absolute Gasteiger partial charge is 0.0105 e. The van der Waals surface area contributed by atoms with E-state index >= 15 is 0 Å². The van der Waals surface area contributed by atoms with E-state index in [-0.39, 0.29) is 0 Å². The number of hydrogen-bond donors (Lipinski definition) is 1. The highest BCUT2D eigenvalue weighted by Crippen LogP contribution is 2.33. The molecule has 1 N–H and O–H groups in total. The maximum atomic E-state index is 3.57. The molecule has 2 aliphatic rings. The van der Waals surface area contributed by atoms with Gasteiger partial charge in [0.25, 0.3) is 0 Å². The first kappa shape index (κ1) is 14.3. The highest BCUT2D eigenvalue weighted by Gasteiger charge is 2.33. The monoisotopic (exact) mass is 252 g/mol. The van der Waals surface area contributed by atoms with Crippen LogP contribution < -0.4 is 5.32 Å². The first-order chi connectivity index (χ1) is 8.63. The molecule has 0 aromatic rings. The van der Waals surface area contributed by atoms with E-state index in [9.17, 15) is 0 Å². The molecule has 5 atom stereocenters. The van der Waals surface area contributed by atoms with Crippen LogP contribution >= 0.6 is 0 Å². The fourth-order valence-electron chi connectivity index (χ4n) is 4.26. The lowest BCUT2D eigenvalue weighted by molar-refractivity contribution is 0.137. The highest BCUT2D eigenvalue weighted by atomic mass is 15.2. The second-order valence-electron chi connectivity index (χ2n) is 6.89. The predicted molar refractivity (Wildman–Crippen MR) is 78.8 cm³/mol. The molecule has 106 valence electrons. The lowest BCUT2D eigenvalue weighted by atomic mass is 9.76. The Morgan fingerprint density at radius 1 is 1.17 bits per heavy atom. The molecular formula is C16H32N2. The van der Waals surface area contributed by atoms with Gasteiger partial charge >= 0.3 is 0 Å². The second-order valence-corrected chi connectivity index (χ2v) is 6.89. The highest BCUT2D eigenvalue weighted by molar-refractivity contribution is 4.89. The van der Waals surface area contributed by atoms with E-state index in [0.717, 1.165) is 29.8 Å². The van der Waals surface area contributed by atoms with Crippen LogP contribution in [0.2, 0.25) is 0 Å². The molecule has 1 heterocycles. The number of nitrogens with zero attached hydrogens (tertiary/aromatic N) is 1. The third-order valence-corrected chi connectivity index (χ3v) is 5.42. The predicted octanol–water partition coefficient (Wildman–Crippen LogP) is 3.13. The van der Waals surface area contributed by atoms with Gasteiger partial charge in [-0.15, -0.1) is 0 Å². The molecule has 2 nitrogen and oxygen atoms in total. The van der Waals surface area contributed by atoms with Crippen molar-refractivity contribution in [2.45, 2.75) is 65.0 Å². The van der Waals surface area contributed by atoms with Crippen LogP contribution in [0.1, 0.15) is 52.9 Å². The van der Waals surface area contributed by atoms with Gasteiger partial charge in [0.05, 0.1) is 0 Å². The van der Waals surface area contributed by atoms with Crippen molar-refractivity contribution in [2.75, 3.05) is 20.1 Å². The lowest BCUT2D eigenvalue weighted by Gasteiger charge is -2.39. The van der Waals surface area contributed by atoms with Gasteiger partial charge in [0.1, 0.15) is 0 Å². The fraction of sp³-hybridized carbons (Fsp3) is 1.00. The number of rotatable bonds is 4. The van der Waals surface area contributed by atoms with Gasteiger partial charge in [-0.1, -0.05) is 20.3 Å². The summed E-state index contributed by atoms with van der Waals surface area (Å²) in [4.78, 5) is 2.75. The molecule has 18 heavy (non-hydrogen) atoms. The van der Waals surface area contributed by atoms with E-state index in [0.29, 0.717) is 0 Å². The van der Waals surface area contributed by atoms with E-state index in [4.69, 9.17) is 0 Å². The zero-order valence-corrected chi connectivity index (χ0v) is 12.8. The van der Waals surface area contributed by atoms with Crippen molar-refractivity contribution in [3.8, 4) is 0 Å². The first-order valence-electron chi connectivity index (χ1n) is 8.05. The van der Waals surface area contributed by atoms with Crippen molar-refractivity contribution in [3.05, 3.63) is 0 Å². The Morgan fingerprint density at radius 3 is 2.50 bits per heavy atom. The standard InChI is InChI=1S/C16H32N2/c1-5-14-6-7-16(17-4)15(9-14)11-18-10-12(2)8-13(18)3/h12-17H,5-11H2,1-4H3. The molecule has 2 heteroatoms. The number of nitrogens with one attached hydrogen (secondary N) is 1. The zero-order chi connectivity index (χ0) is 13.1. The van der Waals surface area contributed by atoms with Crippen LogP contribution in [0, 0.1) is 17.8 Å². The van der Waals surface area contributed by atoms with Crippen molar-refractivity contribution in [1.29, 1.82) is 0 Å². The Kier molecular flexibility index (Phi) is 5.08. The third kappa shape index (κ3) is 3.27. The lowest BCUT2D eigenvalue weighted by Crippen LogP contribution is -2.45. The molecule has 0 amide bonds. The second kappa shape index (κ2) is 6.38. The van der Waals surface area contributed by atoms with Gasteiger partial charge in [0.15, 0.2) is 0 Å². The number of likely N-dealkylation sites (tertiary alicyclic amines) is 1. The Hall–Kier alpha value is -0.0800. The Labute approximate surface area is 114 Å². The van der Waals surface area contributed by atoms with Gasteiger partial charge in [-0.3, -0.25) is 0 Å². The summed E-state index contributed by atoms with van der Waals surface area (Å²) in [6.45, 7) is 9.83. The zero-order valence-electron chi connectivity index (χ0n) is 12.8. The maximum absolute atomic E-state index is 3.57. The van der Waals surface area contributed by atoms with Crippen LogP contribution in [0.15, 0.2) is 0 Å². The van der Waals surface area contributed by atoms with Crippen LogP contribution in [-0.2, 0) is 0 Å². The van der Waals surface area contributed by atoms with E-state index in [1.54, 1.807) is 0 Å². The summed E-state index contributed by atoms with van der Waals surface area (Å²) in [7, 11) is 2.15. The molecule has 1 saturated carbocycles. The van der Waals surface area contributed by atoms with Gasteiger partial charge in [-0.25, -0.2) is 0 Å². The third-order valence-electron chi connectivity index (χ3n) is 5.42. The van der Waals surface area contributed by atoms with E-state index in [1.807, 2.05) is 0 Å². The Morgan fingerprint density at radius 2 is 1.94 bits per heavy atom. The average Bonchev–Trinajstić information content (AvgIpc) is 2.67. The van der Waals surface area contributed by atoms with Crippen LogP contribution in [0.25, 0.3) is 0 Å². The molecule has 0 spiro atoms. The topological polar surface area (TPSA) is 15.3 Å². The van der Waals surface area contributed by atoms with Crippen molar-refractivity contribution in [1.82, 2.24) is 10.2 Å². The Balaban J connectivity index is 1.92. The van der Waals surface area contributed by atoms with Crippen LogP contribution in [-0.4, -0.2) is 37.1 Å². The minimum Gasteiger partial charge on any atom is -0.317 e. The summed E-state index contributed by atoms with van der Waals surface area (Å²) in [5.41, 5.74) is 0. The summed E-state index contributed by atoms with van der Waals surface area (Å²) >= 11 is 0. The van der Waals surface area contributed by atoms with Gasteiger partial charge in [-0.05, 0) is 57.4 Å². The molecule has 2 rings (SSSR count). The van der Waals surface area contributed by atoms with Gasteiger partial charge < -0.3 is 10.2 Å². The van der Waals surface area contributed by atoms with Gasteiger partial charge in [0, 0.05) is 25.2 Å². The first-order valence-corrected chi connectivity index (χ1v) is 8.05. The molecule has 5 unspecified atom stereocenters. The molecule has 2 fully saturated rings. The normalized spacial score (nSPS) is 42.3. The molecule has 0 aromatic heterocycles. The minimum absolute atomic E-state index is 0.760. The van der Waals surface area contributed by atoms with E-state index in [2.05, 4.69) is 38.0 Å². The molecule has 0 bridgehead atoms. The van der Waals surface area contributed by atoms with E-state index < -0.39 is 0 Å². The van der Waals surface area contributed by atoms with Gasteiger partial charge in [-0.2, -0.15) is 0 Å². The Bertz CT molecular complexity index is 253. The van der Waals surface area contributed by atoms with Crippen molar-refractivity contribution in [2.24, 2.45) is 17.8 Å². The minimum atomic E-state index is 0.760. The van der Waals surface area contributed by atoms with E-state index in [1.165, 1.54) is 45.2 Å². The molecular weight excluding hydrogens is 220 g/mol. The molecule has 1 aliphatic heterocycles. The van der Waals surface area contributed by atoms with Crippen LogP contribution in [0.4, 0.5) is 0 Å². The maximum Gasteiger partial charge on any atom is 0.0105 e. The average molecular weight is 252 g/mol. The molecule has 0 aromatic carbocycles. The number of hydrogen-bond acceptors (Lipinski definition) is 2. The quantitative estimate of drug-likeness (QED) is 0.827. The van der Waals surface area contributed by atoms with Crippen molar-refractivity contribution in [3.63, 3.8) is 0 Å². The molecule has 0 radical (unpaired) electrons. The van der Waals surface area contributed by atoms with Crippen LogP contribution in [0.3, 0.4) is 0 Å². The largest absolute Gasteiger partial charge is 0.317 e. The van der Waals surface area contributed by atoms with Crippen LogP contribution in [0.5, 0.6) is 0 Å². The van der Waals surface area contributed by atoms with Crippen molar-refractivity contribution >= 4 is 0 Å². The summed E-state index contributed by atoms with van der Waals surface area (Å²) in [6.07, 6.45) is 7.04. The van der Waals surface area contributed by atoms with Crippen molar-refractivity contribution < 1.29 is 0 Å². The molecule has 1 aliphatic carbocycles. The fourth-order valence-corrected chi connectivity index (χ4v) is 4.26.